The Morgan fingerprint density at radius 3 is 0.782 bits per heavy atom. The summed E-state index contributed by atoms with van der Waals surface area (Å²) in [4.78, 5) is 58.7. The van der Waals surface area contributed by atoms with E-state index in [-0.39, 0.29) is 19.3 Å². The quantitative estimate of drug-likeness (QED) is 0.0146. The van der Waals surface area contributed by atoms with E-state index in [2.05, 4.69) is 179 Å². The Morgan fingerprint density at radius 2 is 0.495 bits per heavy atom. The van der Waals surface area contributed by atoms with Crippen molar-refractivity contribution in [3.63, 3.8) is 0 Å². The van der Waals surface area contributed by atoms with Crippen LogP contribution < -0.4 is 0 Å². The molecule has 0 bridgehead atoms. The number of unbranched alkanes of at least 4 members (excludes halogenated alkanes) is 23. The van der Waals surface area contributed by atoms with Crippen molar-refractivity contribution in [2.75, 3.05) is 39.6 Å². The summed E-state index contributed by atoms with van der Waals surface area (Å²) >= 11 is 0. The van der Waals surface area contributed by atoms with Gasteiger partial charge in [-0.1, -0.05) is 288 Å². The van der Waals surface area contributed by atoms with Crippen LogP contribution in [0.2, 0.25) is 0 Å². The first kappa shape index (κ1) is 96.2. The van der Waals surface area contributed by atoms with Crippen LogP contribution in [0.1, 0.15) is 290 Å². The predicted octanol–water partition coefficient (Wildman–Crippen LogP) is 22.6. The Labute approximate surface area is 612 Å². The van der Waals surface area contributed by atoms with E-state index in [0.717, 1.165) is 186 Å². The topological polar surface area (TPSA) is 231 Å². The molecule has 0 fully saturated rings. The lowest BCUT2D eigenvalue weighted by Crippen LogP contribution is -2.30. The van der Waals surface area contributed by atoms with Gasteiger partial charge in [0, 0.05) is 19.3 Å². The molecule has 0 aliphatic heterocycles. The number of carbonyl (C=O) groups is 3. The van der Waals surface area contributed by atoms with E-state index in [9.17, 15) is 43.5 Å². The maximum Gasteiger partial charge on any atom is 0.472 e. The molecular formula is C83H138O16P2. The van der Waals surface area contributed by atoms with E-state index in [1.807, 2.05) is 0 Å². The van der Waals surface area contributed by atoms with Gasteiger partial charge in [-0.2, -0.15) is 0 Å². The Balaban J connectivity index is 4.63. The van der Waals surface area contributed by atoms with E-state index in [1.165, 1.54) is 44.9 Å². The van der Waals surface area contributed by atoms with Crippen molar-refractivity contribution >= 4 is 33.6 Å². The van der Waals surface area contributed by atoms with Gasteiger partial charge in [-0.05, 0) is 141 Å². The number of rotatable bonds is 72. The third-order valence-corrected chi connectivity index (χ3v) is 17.6. The van der Waals surface area contributed by atoms with Gasteiger partial charge in [-0.25, -0.2) is 9.13 Å². The highest BCUT2D eigenvalue weighted by Gasteiger charge is 2.29. The first-order valence-corrected chi connectivity index (χ1v) is 41.8. The molecule has 0 rings (SSSR count). The van der Waals surface area contributed by atoms with Crippen LogP contribution in [-0.2, 0) is 55.8 Å². The summed E-state index contributed by atoms with van der Waals surface area (Å²) in [6.45, 7) is 2.30. The lowest BCUT2D eigenvalue weighted by Gasteiger charge is -2.21. The van der Waals surface area contributed by atoms with Crippen molar-refractivity contribution in [2.45, 2.75) is 309 Å². The highest BCUT2D eigenvalue weighted by Crippen LogP contribution is 2.45. The van der Waals surface area contributed by atoms with E-state index in [0.29, 0.717) is 19.3 Å². The predicted molar refractivity (Wildman–Crippen MR) is 417 cm³/mol. The number of esters is 3. The first-order chi connectivity index (χ1) is 49.2. The fraction of sp³-hybridized carbons (Fsp3) is 0.651. The van der Waals surface area contributed by atoms with Crippen molar-refractivity contribution in [1.82, 2.24) is 0 Å². The Bertz CT molecular complexity index is 2470. The molecule has 576 valence electrons. The van der Waals surface area contributed by atoms with Crippen LogP contribution in [0.3, 0.4) is 0 Å². The summed E-state index contributed by atoms with van der Waals surface area (Å²) in [5, 5.41) is 20.6. The molecule has 0 radical (unpaired) electrons. The van der Waals surface area contributed by atoms with Gasteiger partial charge in [-0.15, -0.1) is 0 Å². The summed E-state index contributed by atoms with van der Waals surface area (Å²) in [6.07, 6.45) is 92.8. The molecule has 0 spiro atoms. The maximum absolute atomic E-state index is 13.0. The smallest absolute Gasteiger partial charge is 0.463 e. The summed E-state index contributed by atoms with van der Waals surface area (Å²) in [6, 6.07) is 0. The van der Waals surface area contributed by atoms with Crippen molar-refractivity contribution in [2.24, 2.45) is 0 Å². The van der Waals surface area contributed by atoms with Crippen LogP contribution in [0.5, 0.6) is 0 Å². The van der Waals surface area contributed by atoms with Gasteiger partial charge in [-0.3, -0.25) is 32.5 Å². The number of allylic oxidation sites excluding steroid dienone is 26. The number of hydrogen-bond acceptors (Lipinski definition) is 14. The van der Waals surface area contributed by atoms with Crippen LogP contribution in [-0.4, -0.2) is 95.9 Å². The van der Waals surface area contributed by atoms with Crippen LogP contribution >= 0.6 is 15.6 Å². The molecule has 0 aliphatic rings. The first-order valence-electron chi connectivity index (χ1n) is 38.8. The molecule has 5 unspecified atom stereocenters. The molecule has 0 aromatic rings. The molecule has 18 heteroatoms. The second-order valence-electron chi connectivity index (χ2n) is 25.4. The molecule has 101 heavy (non-hydrogen) atoms. The Morgan fingerprint density at radius 1 is 0.277 bits per heavy atom. The van der Waals surface area contributed by atoms with Crippen molar-refractivity contribution < 1.29 is 75.8 Å². The minimum absolute atomic E-state index is 0.0837. The zero-order valence-corrected chi connectivity index (χ0v) is 64.6. The summed E-state index contributed by atoms with van der Waals surface area (Å²) < 4.78 is 61.1. The third-order valence-electron chi connectivity index (χ3n) is 15.7. The molecule has 0 saturated carbocycles. The monoisotopic (exact) mass is 1450 g/mol. The molecule has 5 atom stereocenters. The van der Waals surface area contributed by atoms with Gasteiger partial charge < -0.3 is 34.2 Å². The molecule has 0 aliphatic carbocycles. The van der Waals surface area contributed by atoms with Crippen LogP contribution in [0.4, 0.5) is 0 Å². The van der Waals surface area contributed by atoms with E-state index < -0.39 is 91.5 Å². The maximum atomic E-state index is 13.0. The summed E-state index contributed by atoms with van der Waals surface area (Å²) in [5.74, 6) is -1.62. The Hall–Kier alpha value is -4.83. The number of hydrogen-bond donors (Lipinski definition) is 4. The number of phosphoric acid groups is 2. The number of aliphatic hydroxyl groups is 2. The van der Waals surface area contributed by atoms with E-state index in [1.54, 1.807) is 0 Å². The van der Waals surface area contributed by atoms with Gasteiger partial charge in [0.25, 0.3) is 0 Å². The normalized spacial score (nSPS) is 14.9. The zero-order chi connectivity index (χ0) is 73.7. The minimum atomic E-state index is -4.94. The van der Waals surface area contributed by atoms with Crippen LogP contribution in [0.25, 0.3) is 0 Å². The summed E-state index contributed by atoms with van der Waals surface area (Å²) in [5.41, 5.74) is 0. The van der Waals surface area contributed by atoms with Crippen LogP contribution in [0, 0.1) is 0 Å². The van der Waals surface area contributed by atoms with Crippen LogP contribution in [0.15, 0.2) is 158 Å². The van der Waals surface area contributed by atoms with Crippen molar-refractivity contribution in [3.8, 4) is 0 Å². The zero-order valence-electron chi connectivity index (χ0n) is 62.8. The van der Waals surface area contributed by atoms with Gasteiger partial charge in [0.15, 0.2) is 6.10 Å². The SMILES string of the molecule is CC/C=C\C/C=C\C/C=C\C/C=C\C/C=C\CCCCCCCCCCCCCC(=O)OCC(O)COP(=O)(O)OCC(O)COP(=O)(O)OCC(COC(=O)CCCCCCC/C=C\C/C=C\C/C=C\C/C=C\C/C=C\CC)OC(=O)CCCCCCCCC/C=C\C/C=C\C/C=C\CC. The molecule has 0 aromatic heterocycles. The average molecular weight is 1450 g/mol. The average Bonchev–Trinajstić information content (AvgIpc) is 0.974. The van der Waals surface area contributed by atoms with Crippen molar-refractivity contribution in [3.05, 3.63) is 158 Å². The largest absolute Gasteiger partial charge is 0.472 e. The fourth-order valence-corrected chi connectivity index (χ4v) is 11.5. The van der Waals surface area contributed by atoms with E-state index >= 15 is 0 Å². The van der Waals surface area contributed by atoms with Gasteiger partial charge in [0.1, 0.15) is 25.4 Å². The number of phosphoric ester groups is 2. The number of ether oxygens (including phenoxy) is 3. The standard InChI is InChI=1S/C83H138O16P2/c1-4-7-10-13-16-19-22-25-28-31-33-35-36-37-38-39-40-42-44-46-48-51-54-57-60-63-66-69-81(86)93-72-78(84)73-95-100(89,90)96-74-79(85)75-97-101(91,92)98-77-80(99-83(88)71-68-65-62-59-56-53-50-45-30-27-24-21-18-15-12-9-6-3)76-94-82(87)70-67-64-61-58-55-52-49-47-43-41-34-32-29-26-23-20-17-14-11-8-5-2/h7-12,16-21,25-30,33-35,37-38,41,47,49,78-80,84-85H,4-6,13-15,22-24,31-32,36,39-40,42-46,48,50-77H2,1-3H3,(H,89,90)(H,91,92)/b10-7-,11-8-,12-9-,19-16-,20-17-,21-18-,28-25-,29-26-,30-27-,35-33-,38-37-,41-34-,49-47-. The molecule has 0 aromatic carbocycles. The highest BCUT2D eigenvalue weighted by molar-refractivity contribution is 7.47. The lowest BCUT2D eigenvalue weighted by atomic mass is 10.0. The molecule has 0 heterocycles. The fourth-order valence-electron chi connectivity index (χ4n) is 9.93. The molecular weight excluding hydrogens is 1310 g/mol. The van der Waals surface area contributed by atoms with Gasteiger partial charge in [0.2, 0.25) is 0 Å². The third kappa shape index (κ3) is 76.1. The molecule has 0 saturated heterocycles. The molecule has 0 amide bonds. The van der Waals surface area contributed by atoms with Gasteiger partial charge >= 0.3 is 33.6 Å². The van der Waals surface area contributed by atoms with Gasteiger partial charge in [0.05, 0.1) is 26.4 Å². The molecule has 4 N–H and O–H groups in total. The number of aliphatic hydroxyl groups excluding tert-OH is 2. The molecule has 16 nitrogen and oxygen atoms in total. The van der Waals surface area contributed by atoms with E-state index in [4.69, 9.17) is 32.3 Å². The Kier molecular flexibility index (Phi) is 71.3. The second kappa shape index (κ2) is 74.9. The highest BCUT2D eigenvalue weighted by atomic mass is 31.2. The second-order valence-corrected chi connectivity index (χ2v) is 28.3. The lowest BCUT2D eigenvalue weighted by molar-refractivity contribution is -0.161. The summed E-state index contributed by atoms with van der Waals surface area (Å²) in [7, 11) is -9.81. The van der Waals surface area contributed by atoms with Crippen molar-refractivity contribution in [1.29, 1.82) is 0 Å². The number of carbonyl (C=O) groups excluding carboxylic acids is 3. The minimum Gasteiger partial charge on any atom is -0.463 e.